The molecule has 1 rings (SSSR count). The minimum absolute atomic E-state index is 0. The van der Waals surface area contributed by atoms with E-state index >= 15 is 0 Å². The zero-order valence-corrected chi connectivity index (χ0v) is 10.5. The average Bonchev–Trinajstić information content (AvgIpc) is 2.17. The molecule has 1 atom stereocenters. The van der Waals surface area contributed by atoms with Crippen LogP contribution in [0.2, 0.25) is 0 Å². The molecule has 0 aliphatic carbocycles. The van der Waals surface area contributed by atoms with Gasteiger partial charge in [-0.1, -0.05) is 37.3 Å². The molecule has 0 amide bonds. The topological polar surface area (TPSA) is 66.2 Å². The largest absolute Gasteiger partial charge is 1.00 e. The fraction of sp³-hybridized carbons (Fsp3) is 0.300. The molecule has 1 unspecified atom stereocenters. The van der Waals surface area contributed by atoms with Crippen LogP contribution in [0, 0.1) is 0 Å². The van der Waals surface area contributed by atoms with Crippen LogP contribution < -0.4 is 40.4 Å². The van der Waals surface area contributed by atoms with Crippen LogP contribution in [0.1, 0.15) is 18.9 Å². The van der Waals surface area contributed by atoms with E-state index in [-0.39, 0.29) is 29.6 Å². The van der Waals surface area contributed by atoms with Gasteiger partial charge in [-0.05, 0) is 12.0 Å². The molecule has 70 valence electrons. The number of rotatable bonds is 3. The summed E-state index contributed by atoms with van der Waals surface area (Å²) in [7, 11) is 0. The minimum Gasteiger partial charge on any atom is -0.548 e. The molecule has 4 heteroatoms. The van der Waals surface area contributed by atoms with E-state index in [0.717, 1.165) is 0 Å². The second kappa shape index (κ2) is 5.51. The van der Waals surface area contributed by atoms with Crippen LogP contribution >= 0.6 is 0 Å². The van der Waals surface area contributed by atoms with E-state index in [4.69, 9.17) is 5.73 Å². The van der Waals surface area contributed by atoms with Crippen molar-refractivity contribution in [3.63, 3.8) is 0 Å². The van der Waals surface area contributed by atoms with E-state index in [0.29, 0.717) is 12.0 Å². The van der Waals surface area contributed by atoms with Gasteiger partial charge in [0.1, 0.15) is 0 Å². The number of nitrogens with two attached hydrogens (primary N) is 1. The van der Waals surface area contributed by atoms with Gasteiger partial charge in [-0.3, -0.25) is 0 Å². The molecule has 1 aromatic rings. The van der Waals surface area contributed by atoms with Gasteiger partial charge in [0.25, 0.3) is 0 Å². The van der Waals surface area contributed by atoms with Gasteiger partial charge in [-0.15, -0.1) is 0 Å². The standard InChI is InChI=1S/C10H13NO2.Na/c1-2-10(11,9(12)13)8-6-4-3-5-7-8;/h3-7H,2,11H2,1H3,(H,12,13);/q;+1/p-1. The van der Waals surface area contributed by atoms with Crippen LogP contribution in [-0.2, 0) is 10.3 Å². The summed E-state index contributed by atoms with van der Waals surface area (Å²) in [4.78, 5) is 10.8. The van der Waals surface area contributed by atoms with Gasteiger partial charge in [0.2, 0.25) is 0 Å². The van der Waals surface area contributed by atoms with E-state index in [2.05, 4.69) is 0 Å². The molecule has 0 saturated heterocycles. The predicted octanol–water partition coefficient (Wildman–Crippen LogP) is -3.00. The minimum atomic E-state index is -1.36. The van der Waals surface area contributed by atoms with Crippen molar-refractivity contribution in [1.29, 1.82) is 0 Å². The molecule has 1 aromatic carbocycles. The number of benzene rings is 1. The number of carbonyl (C=O) groups is 1. The third kappa shape index (κ3) is 2.58. The SMILES string of the molecule is CCC(N)(C(=O)[O-])c1ccccc1.[Na+]. The summed E-state index contributed by atoms with van der Waals surface area (Å²) in [6, 6.07) is 8.72. The Kier molecular flexibility index (Phi) is 5.37. The fourth-order valence-electron chi connectivity index (χ4n) is 1.20. The average molecular weight is 201 g/mol. The maximum atomic E-state index is 10.8. The number of carbonyl (C=O) groups excluding carboxylic acids is 1. The third-order valence-electron chi connectivity index (χ3n) is 2.21. The Morgan fingerprint density at radius 2 is 1.93 bits per heavy atom. The summed E-state index contributed by atoms with van der Waals surface area (Å²) >= 11 is 0. The Bertz CT molecular complexity index is 302. The number of aliphatic carboxylic acids is 1. The predicted molar refractivity (Wildman–Crippen MR) is 47.6 cm³/mol. The molecule has 0 fully saturated rings. The summed E-state index contributed by atoms with van der Waals surface area (Å²) in [5.41, 5.74) is 4.92. The van der Waals surface area contributed by atoms with Gasteiger partial charge in [-0.2, -0.15) is 0 Å². The zero-order valence-electron chi connectivity index (χ0n) is 8.49. The van der Waals surface area contributed by atoms with E-state index in [1.165, 1.54) is 0 Å². The van der Waals surface area contributed by atoms with E-state index in [1.807, 2.05) is 6.07 Å². The summed E-state index contributed by atoms with van der Waals surface area (Å²) in [6.07, 6.45) is 0.319. The monoisotopic (exact) mass is 201 g/mol. The maximum Gasteiger partial charge on any atom is 1.00 e. The van der Waals surface area contributed by atoms with Crippen molar-refractivity contribution < 1.29 is 39.5 Å². The Hall–Kier alpha value is -0.350. The molecule has 0 radical (unpaired) electrons. The summed E-state index contributed by atoms with van der Waals surface area (Å²) < 4.78 is 0. The molecular weight excluding hydrogens is 189 g/mol. The van der Waals surface area contributed by atoms with Crippen LogP contribution in [0.15, 0.2) is 30.3 Å². The molecule has 0 aromatic heterocycles. The first-order valence-electron chi connectivity index (χ1n) is 4.17. The van der Waals surface area contributed by atoms with Gasteiger partial charge in [0, 0.05) is 0 Å². The Morgan fingerprint density at radius 1 is 1.43 bits per heavy atom. The van der Waals surface area contributed by atoms with Gasteiger partial charge in [-0.25, -0.2) is 0 Å². The first kappa shape index (κ1) is 13.7. The van der Waals surface area contributed by atoms with E-state index < -0.39 is 11.5 Å². The fourth-order valence-corrected chi connectivity index (χ4v) is 1.20. The van der Waals surface area contributed by atoms with Crippen LogP contribution in [-0.4, -0.2) is 5.97 Å². The van der Waals surface area contributed by atoms with Crippen LogP contribution in [0.3, 0.4) is 0 Å². The van der Waals surface area contributed by atoms with Crippen molar-refractivity contribution in [2.75, 3.05) is 0 Å². The third-order valence-corrected chi connectivity index (χ3v) is 2.21. The molecular formula is C10H12NNaO2. The van der Waals surface area contributed by atoms with Crippen molar-refractivity contribution in [3.8, 4) is 0 Å². The summed E-state index contributed by atoms with van der Waals surface area (Å²) in [5.74, 6) is -1.23. The van der Waals surface area contributed by atoms with Crippen molar-refractivity contribution in [2.45, 2.75) is 18.9 Å². The molecule has 0 saturated carbocycles. The maximum absolute atomic E-state index is 10.8. The molecule has 2 N–H and O–H groups in total. The molecule has 0 aliphatic rings. The summed E-state index contributed by atoms with van der Waals surface area (Å²) in [6.45, 7) is 1.72. The molecule has 0 heterocycles. The van der Waals surface area contributed by atoms with Crippen LogP contribution in [0.25, 0.3) is 0 Å². The van der Waals surface area contributed by atoms with Crippen molar-refractivity contribution in [1.82, 2.24) is 0 Å². The number of carboxylic acids is 1. The number of carboxylic acid groups (broad SMARTS) is 1. The number of hydrogen-bond acceptors (Lipinski definition) is 3. The molecule has 0 bridgehead atoms. The number of hydrogen-bond donors (Lipinski definition) is 1. The molecule has 0 aliphatic heterocycles. The van der Waals surface area contributed by atoms with Crippen LogP contribution in [0.4, 0.5) is 0 Å². The van der Waals surface area contributed by atoms with Gasteiger partial charge in [0.15, 0.2) is 0 Å². The van der Waals surface area contributed by atoms with Gasteiger partial charge in [0.05, 0.1) is 11.5 Å². The van der Waals surface area contributed by atoms with Gasteiger partial charge < -0.3 is 15.6 Å². The van der Waals surface area contributed by atoms with Crippen molar-refractivity contribution >= 4 is 5.97 Å². The van der Waals surface area contributed by atoms with E-state index in [9.17, 15) is 9.90 Å². The summed E-state index contributed by atoms with van der Waals surface area (Å²) in [5, 5.41) is 10.8. The molecule has 14 heavy (non-hydrogen) atoms. The van der Waals surface area contributed by atoms with Crippen molar-refractivity contribution in [2.24, 2.45) is 5.73 Å². The van der Waals surface area contributed by atoms with Gasteiger partial charge >= 0.3 is 29.6 Å². The second-order valence-corrected chi connectivity index (χ2v) is 2.98. The van der Waals surface area contributed by atoms with E-state index in [1.54, 1.807) is 31.2 Å². The van der Waals surface area contributed by atoms with Crippen LogP contribution in [0.5, 0.6) is 0 Å². The first-order valence-corrected chi connectivity index (χ1v) is 4.17. The molecule has 0 spiro atoms. The first-order chi connectivity index (χ1) is 6.11. The zero-order chi connectivity index (χ0) is 9.90. The molecule has 3 nitrogen and oxygen atoms in total. The normalized spacial score (nSPS) is 13.9. The Morgan fingerprint density at radius 3 is 2.29 bits per heavy atom. The quantitative estimate of drug-likeness (QED) is 0.530. The van der Waals surface area contributed by atoms with Crippen molar-refractivity contribution in [3.05, 3.63) is 35.9 Å². The smallest absolute Gasteiger partial charge is 0.548 e. The Labute approximate surface area is 106 Å². The Balaban J connectivity index is 0.00000169. The second-order valence-electron chi connectivity index (χ2n) is 2.98.